The van der Waals surface area contributed by atoms with E-state index in [9.17, 15) is 19.4 Å². The standard InChI is InChI=1S/C32H29FN2O5/c1-21-25(8-5-9-28(21)23-6-3-2-4-7-23)20-39-27-12-11-24(17-35-30(18-36)32(37)38)31(15-27)40-19-22-10-13-29(33)26(14-22)16-34/h2-15,30,35-36H,17-20H2,1H3,(H,37,38). The molecule has 3 N–H and O–H groups in total. The summed E-state index contributed by atoms with van der Waals surface area (Å²) >= 11 is 0. The molecule has 204 valence electrons. The molecular formula is C32H29FN2O5. The van der Waals surface area contributed by atoms with Crippen molar-refractivity contribution >= 4 is 5.97 Å². The Morgan fingerprint density at radius 3 is 2.50 bits per heavy atom. The smallest absolute Gasteiger partial charge is 0.323 e. The Kier molecular flexibility index (Phi) is 9.47. The van der Waals surface area contributed by atoms with Gasteiger partial charge in [0.05, 0.1) is 12.2 Å². The molecule has 0 amide bonds. The number of carbonyl (C=O) groups is 1. The molecule has 0 saturated carbocycles. The molecule has 4 aromatic carbocycles. The molecule has 1 unspecified atom stereocenters. The van der Waals surface area contributed by atoms with Crippen LogP contribution in [0.25, 0.3) is 11.1 Å². The van der Waals surface area contributed by atoms with E-state index in [-0.39, 0.29) is 18.7 Å². The van der Waals surface area contributed by atoms with Crippen molar-refractivity contribution in [2.45, 2.75) is 32.7 Å². The number of aliphatic carboxylic acids is 1. The lowest BCUT2D eigenvalue weighted by Crippen LogP contribution is -2.39. The molecule has 0 bridgehead atoms. The van der Waals surface area contributed by atoms with Crippen molar-refractivity contribution in [3.63, 3.8) is 0 Å². The lowest BCUT2D eigenvalue weighted by atomic mass is 9.97. The van der Waals surface area contributed by atoms with Crippen LogP contribution in [-0.4, -0.2) is 28.8 Å². The number of hydrogen-bond donors (Lipinski definition) is 3. The Hall–Kier alpha value is -4.71. The molecule has 4 aromatic rings. The van der Waals surface area contributed by atoms with Crippen LogP contribution >= 0.6 is 0 Å². The van der Waals surface area contributed by atoms with Gasteiger partial charge in [-0.05, 0) is 52.9 Å². The highest BCUT2D eigenvalue weighted by Crippen LogP contribution is 2.29. The topological polar surface area (TPSA) is 112 Å². The maximum absolute atomic E-state index is 13.7. The van der Waals surface area contributed by atoms with Gasteiger partial charge in [-0.1, -0.05) is 60.7 Å². The minimum Gasteiger partial charge on any atom is -0.489 e. The molecule has 0 spiro atoms. The quantitative estimate of drug-likeness (QED) is 0.222. The number of aliphatic hydroxyl groups excluding tert-OH is 1. The summed E-state index contributed by atoms with van der Waals surface area (Å²) in [7, 11) is 0. The van der Waals surface area contributed by atoms with Crippen LogP contribution in [0.3, 0.4) is 0 Å². The van der Waals surface area contributed by atoms with E-state index in [4.69, 9.17) is 14.7 Å². The van der Waals surface area contributed by atoms with Crippen LogP contribution < -0.4 is 14.8 Å². The first kappa shape index (κ1) is 28.3. The Morgan fingerprint density at radius 1 is 0.975 bits per heavy atom. The zero-order chi connectivity index (χ0) is 28.5. The summed E-state index contributed by atoms with van der Waals surface area (Å²) in [5.74, 6) is -0.822. The molecule has 0 aliphatic heterocycles. The van der Waals surface area contributed by atoms with Crippen molar-refractivity contribution in [1.29, 1.82) is 5.26 Å². The van der Waals surface area contributed by atoms with E-state index in [1.54, 1.807) is 18.2 Å². The fourth-order valence-electron chi connectivity index (χ4n) is 4.21. The predicted octanol–water partition coefficient (Wildman–Crippen LogP) is 5.37. The van der Waals surface area contributed by atoms with Crippen LogP contribution in [0.1, 0.15) is 27.8 Å². The zero-order valence-electron chi connectivity index (χ0n) is 21.9. The predicted molar refractivity (Wildman–Crippen MR) is 148 cm³/mol. The number of carboxylic acids is 1. The van der Waals surface area contributed by atoms with Crippen LogP contribution in [0.4, 0.5) is 4.39 Å². The molecule has 40 heavy (non-hydrogen) atoms. The van der Waals surface area contributed by atoms with Crippen molar-refractivity contribution in [2.75, 3.05) is 6.61 Å². The Morgan fingerprint density at radius 2 is 1.77 bits per heavy atom. The number of hydrogen-bond acceptors (Lipinski definition) is 6. The fraction of sp³-hybridized carbons (Fsp3) is 0.188. The highest BCUT2D eigenvalue weighted by molar-refractivity contribution is 5.73. The largest absolute Gasteiger partial charge is 0.489 e. The van der Waals surface area contributed by atoms with Crippen molar-refractivity contribution in [3.05, 3.63) is 119 Å². The summed E-state index contributed by atoms with van der Waals surface area (Å²) in [6.07, 6.45) is 0. The molecule has 8 heteroatoms. The molecule has 0 radical (unpaired) electrons. The van der Waals surface area contributed by atoms with Crippen LogP contribution in [0.2, 0.25) is 0 Å². The van der Waals surface area contributed by atoms with E-state index >= 15 is 0 Å². The Bertz CT molecular complexity index is 1520. The lowest BCUT2D eigenvalue weighted by molar-refractivity contribution is -0.140. The number of carboxylic acid groups (broad SMARTS) is 1. The van der Waals surface area contributed by atoms with Gasteiger partial charge in [-0.15, -0.1) is 0 Å². The SMILES string of the molecule is Cc1c(COc2ccc(CNC(CO)C(=O)O)c(OCc3ccc(F)c(C#N)c3)c2)cccc1-c1ccccc1. The van der Waals surface area contributed by atoms with E-state index in [1.165, 1.54) is 18.2 Å². The lowest BCUT2D eigenvalue weighted by Gasteiger charge is -2.17. The molecule has 0 saturated heterocycles. The summed E-state index contributed by atoms with van der Waals surface area (Å²) in [4.78, 5) is 11.3. The molecule has 0 aliphatic rings. The Balaban J connectivity index is 1.54. The zero-order valence-corrected chi connectivity index (χ0v) is 21.9. The summed E-state index contributed by atoms with van der Waals surface area (Å²) in [6, 6.07) is 26.3. The van der Waals surface area contributed by atoms with Crippen molar-refractivity contribution in [3.8, 4) is 28.7 Å². The third-order valence-corrected chi connectivity index (χ3v) is 6.53. The summed E-state index contributed by atoms with van der Waals surface area (Å²) in [5, 5.41) is 30.5. The second-order valence-corrected chi connectivity index (χ2v) is 9.18. The van der Waals surface area contributed by atoms with E-state index in [1.807, 2.05) is 36.4 Å². The minimum absolute atomic E-state index is 0.0476. The molecule has 0 aliphatic carbocycles. The van der Waals surface area contributed by atoms with Crippen molar-refractivity contribution in [1.82, 2.24) is 5.32 Å². The van der Waals surface area contributed by atoms with Crippen LogP contribution in [0.5, 0.6) is 11.5 Å². The minimum atomic E-state index is -1.17. The molecule has 0 fully saturated rings. The van der Waals surface area contributed by atoms with Gasteiger partial charge in [-0.25, -0.2) is 4.39 Å². The molecular weight excluding hydrogens is 511 g/mol. The molecule has 7 nitrogen and oxygen atoms in total. The number of nitrogens with zero attached hydrogens (tertiary/aromatic N) is 1. The number of benzene rings is 4. The number of halogens is 1. The van der Waals surface area contributed by atoms with E-state index < -0.39 is 24.4 Å². The fourth-order valence-corrected chi connectivity index (χ4v) is 4.21. The highest BCUT2D eigenvalue weighted by Gasteiger charge is 2.17. The van der Waals surface area contributed by atoms with Gasteiger partial charge in [0.1, 0.15) is 42.6 Å². The van der Waals surface area contributed by atoms with Gasteiger partial charge in [-0.2, -0.15) is 5.26 Å². The van der Waals surface area contributed by atoms with Gasteiger partial charge in [0.25, 0.3) is 0 Å². The van der Waals surface area contributed by atoms with Gasteiger partial charge in [0.15, 0.2) is 0 Å². The molecule has 4 rings (SSSR count). The normalized spacial score (nSPS) is 11.4. The van der Waals surface area contributed by atoms with Gasteiger partial charge in [-0.3, -0.25) is 10.1 Å². The second kappa shape index (κ2) is 13.4. The average Bonchev–Trinajstić information content (AvgIpc) is 2.97. The van der Waals surface area contributed by atoms with Crippen LogP contribution in [0, 0.1) is 24.1 Å². The van der Waals surface area contributed by atoms with Gasteiger partial charge < -0.3 is 19.7 Å². The van der Waals surface area contributed by atoms with E-state index in [0.717, 1.165) is 22.3 Å². The van der Waals surface area contributed by atoms with Gasteiger partial charge in [0, 0.05) is 18.2 Å². The number of ether oxygens (including phenoxy) is 2. The summed E-state index contributed by atoms with van der Waals surface area (Å²) < 4.78 is 25.9. The summed E-state index contributed by atoms with van der Waals surface area (Å²) in [6.45, 7) is 1.96. The van der Waals surface area contributed by atoms with Crippen molar-refractivity contribution in [2.24, 2.45) is 0 Å². The number of aliphatic hydroxyl groups is 1. The first-order valence-corrected chi connectivity index (χ1v) is 12.7. The van der Waals surface area contributed by atoms with Gasteiger partial charge in [0.2, 0.25) is 0 Å². The van der Waals surface area contributed by atoms with E-state index in [2.05, 4.69) is 30.4 Å². The van der Waals surface area contributed by atoms with Crippen LogP contribution in [0.15, 0.2) is 84.9 Å². The molecule has 0 heterocycles. The third kappa shape index (κ3) is 7.03. The highest BCUT2D eigenvalue weighted by atomic mass is 19.1. The third-order valence-electron chi connectivity index (χ3n) is 6.53. The van der Waals surface area contributed by atoms with Gasteiger partial charge >= 0.3 is 5.97 Å². The Labute approximate surface area is 232 Å². The first-order chi connectivity index (χ1) is 19.4. The van der Waals surface area contributed by atoms with E-state index in [0.29, 0.717) is 29.2 Å². The van der Waals surface area contributed by atoms with Crippen molar-refractivity contribution < 1.29 is 28.9 Å². The number of nitriles is 1. The summed E-state index contributed by atoms with van der Waals surface area (Å²) in [5.41, 5.74) is 5.53. The van der Waals surface area contributed by atoms with Crippen LogP contribution in [-0.2, 0) is 24.6 Å². The number of rotatable bonds is 12. The number of nitrogens with one attached hydrogen (secondary N) is 1. The average molecular weight is 541 g/mol. The molecule has 0 aromatic heterocycles. The second-order valence-electron chi connectivity index (χ2n) is 9.18. The monoisotopic (exact) mass is 540 g/mol. The molecule has 1 atom stereocenters. The maximum Gasteiger partial charge on any atom is 0.323 e. The first-order valence-electron chi connectivity index (χ1n) is 12.7. The maximum atomic E-state index is 13.7.